The van der Waals surface area contributed by atoms with Crippen LogP contribution in [0.25, 0.3) is 0 Å². The highest BCUT2D eigenvalue weighted by Crippen LogP contribution is 2.28. The maximum Gasteiger partial charge on any atom is 0.124 e. The van der Waals surface area contributed by atoms with Gasteiger partial charge >= 0.3 is 0 Å². The maximum absolute atomic E-state index is 13.2. The van der Waals surface area contributed by atoms with E-state index in [9.17, 15) is 4.39 Å². The first-order chi connectivity index (χ1) is 8.65. The summed E-state index contributed by atoms with van der Waals surface area (Å²) in [6.45, 7) is 1.61. The van der Waals surface area contributed by atoms with E-state index in [-0.39, 0.29) is 5.82 Å². The van der Waals surface area contributed by atoms with Gasteiger partial charge in [-0.2, -0.15) is 0 Å². The van der Waals surface area contributed by atoms with Crippen LogP contribution >= 0.6 is 27.5 Å². The van der Waals surface area contributed by atoms with E-state index in [1.165, 1.54) is 25.3 Å². The summed E-state index contributed by atoms with van der Waals surface area (Å²) in [4.78, 5) is 0. The van der Waals surface area contributed by atoms with Crippen LogP contribution in [0, 0.1) is 11.7 Å². The Kier molecular flexibility index (Phi) is 5.46. The van der Waals surface area contributed by atoms with Crippen LogP contribution in [0.1, 0.15) is 31.2 Å². The van der Waals surface area contributed by atoms with Crippen molar-refractivity contribution in [3.63, 3.8) is 0 Å². The molecule has 4 heteroatoms. The van der Waals surface area contributed by atoms with E-state index < -0.39 is 0 Å². The molecule has 0 radical (unpaired) electrons. The molecule has 1 aliphatic rings. The van der Waals surface area contributed by atoms with E-state index in [1.54, 1.807) is 6.07 Å². The molecule has 0 saturated heterocycles. The quantitative estimate of drug-likeness (QED) is 0.801. The lowest BCUT2D eigenvalue weighted by atomic mass is 9.89. The molecule has 0 spiro atoms. The molecule has 2 rings (SSSR count). The molecule has 0 aromatic heterocycles. The van der Waals surface area contributed by atoms with Crippen molar-refractivity contribution in [3.8, 4) is 0 Å². The third kappa shape index (κ3) is 4.22. The molecule has 1 aromatic carbocycles. The van der Waals surface area contributed by atoms with E-state index in [0.29, 0.717) is 17.8 Å². The number of nitrogens with one attached hydrogen (secondary N) is 1. The minimum atomic E-state index is -0.200. The van der Waals surface area contributed by atoms with Crippen molar-refractivity contribution in [1.82, 2.24) is 5.32 Å². The van der Waals surface area contributed by atoms with Gasteiger partial charge in [0.15, 0.2) is 0 Å². The summed E-state index contributed by atoms with van der Waals surface area (Å²) in [6.07, 6.45) is 4.86. The van der Waals surface area contributed by atoms with Crippen LogP contribution in [0.3, 0.4) is 0 Å². The molecule has 1 nitrogen and oxygen atoms in total. The Balaban J connectivity index is 1.80. The number of benzene rings is 1. The second kappa shape index (κ2) is 6.88. The van der Waals surface area contributed by atoms with Gasteiger partial charge in [0.25, 0.3) is 0 Å². The van der Waals surface area contributed by atoms with Crippen LogP contribution in [-0.4, -0.2) is 11.9 Å². The normalized spacial score (nSPS) is 24.2. The zero-order valence-electron chi connectivity index (χ0n) is 10.3. The summed E-state index contributed by atoms with van der Waals surface area (Å²) in [6, 6.07) is 4.98. The molecule has 18 heavy (non-hydrogen) atoms. The second-order valence-corrected chi connectivity index (χ2v) is 6.45. The van der Waals surface area contributed by atoms with Crippen LogP contribution in [0.4, 0.5) is 4.39 Å². The molecule has 1 fully saturated rings. The van der Waals surface area contributed by atoms with Gasteiger partial charge in [0.05, 0.1) is 0 Å². The number of alkyl halides is 1. The molecule has 1 saturated carbocycles. The Morgan fingerprint density at radius 2 is 2.06 bits per heavy atom. The zero-order valence-corrected chi connectivity index (χ0v) is 12.6. The minimum absolute atomic E-state index is 0.200. The fourth-order valence-electron chi connectivity index (χ4n) is 2.51. The monoisotopic (exact) mass is 333 g/mol. The lowest BCUT2D eigenvalue weighted by molar-refractivity contribution is 0.348. The number of hydrogen-bond acceptors (Lipinski definition) is 1. The summed E-state index contributed by atoms with van der Waals surface area (Å²) in [5.74, 6) is 0.353. The molecule has 0 heterocycles. The van der Waals surface area contributed by atoms with E-state index in [4.69, 9.17) is 11.6 Å². The Morgan fingerprint density at radius 3 is 2.78 bits per heavy atom. The predicted octanol–water partition coefficient (Wildman–Crippen LogP) is 4.48. The predicted molar refractivity (Wildman–Crippen MR) is 77.4 cm³/mol. The third-order valence-electron chi connectivity index (χ3n) is 3.47. The average Bonchev–Trinajstić information content (AvgIpc) is 2.30. The van der Waals surface area contributed by atoms with Crippen molar-refractivity contribution in [1.29, 1.82) is 0 Å². The van der Waals surface area contributed by atoms with Gasteiger partial charge in [0.2, 0.25) is 0 Å². The van der Waals surface area contributed by atoms with Crippen LogP contribution in [0.2, 0.25) is 0 Å². The molecular weight excluding hydrogens is 317 g/mol. The summed E-state index contributed by atoms with van der Waals surface area (Å²) in [5, 5.41) is 3.68. The molecule has 1 aromatic rings. The van der Waals surface area contributed by atoms with Crippen LogP contribution in [0.5, 0.6) is 0 Å². The van der Waals surface area contributed by atoms with Gasteiger partial charge in [-0.3, -0.25) is 0 Å². The smallest absolute Gasteiger partial charge is 0.124 e. The topological polar surface area (TPSA) is 12.0 Å². The first-order valence-corrected chi connectivity index (χ1v) is 7.68. The number of hydrogen-bond donors (Lipinski definition) is 1. The van der Waals surface area contributed by atoms with Crippen molar-refractivity contribution in [2.24, 2.45) is 5.92 Å². The van der Waals surface area contributed by atoms with Crippen LogP contribution in [0.15, 0.2) is 22.7 Å². The molecule has 2 atom stereocenters. The SMILES string of the molecule is Fc1cc(Br)cc(CNCC2CCCCC2Cl)c1. The van der Waals surface area contributed by atoms with Crippen LogP contribution < -0.4 is 5.32 Å². The molecule has 0 amide bonds. The Hall–Kier alpha value is -0.120. The molecule has 1 aliphatic carbocycles. The Bertz CT molecular complexity index is 379. The highest BCUT2D eigenvalue weighted by Gasteiger charge is 2.22. The van der Waals surface area contributed by atoms with Crippen molar-refractivity contribution >= 4 is 27.5 Å². The van der Waals surface area contributed by atoms with Gasteiger partial charge in [0.1, 0.15) is 5.82 Å². The molecular formula is C14H18BrClFN. The van der Waals surface area contributed by atoms with Crippen molar-refractivity contribution in [2.45, 2.75) is 37.6 Å². The summed E-state index contributed by atoms with van der Waals surface area (Å²) in [5.41, 5.74) is 0.962. The molecule has 100 valence electrons. The zero-order chi connectivity index (χ0) is 13.0. The largest absolute Gasteiger partial charge is 0.312 e. The molecule has 0 bridgehead atoms. The highest BCUT2D eigenvalue weighted by atomic mass is 79.9. The second-order valence-electron chi connectivity index (χ2n) is 4.97. The molecule has 0 aliphatic heterocycles. The lowest BCUT2D eigenvalue weighted by Gasteiger charge is -2.27. The van der Waals surface area contributed by atoms with Crippen molar-refractivity contribution in [3.05, 3.63) is 34.1 Å². The van der Waals surface area contributed by atoms with E-state index in [1.807, 2.05) is 6.07 Å². The average molecular weight is 335 g/mol. The molecule has 2 unspecified atom stereocenters. The minimum Gasteiger partial charge on any atom is -0.312 e. The third-order valence-corrected chi connectivity index (χ3v) is 4.51. The maximum atomic E-state index is 13.2. The Morgan fingerprint density at radius 1 is 1.28 bits per heavy atom. The van der Waals surface area contributed by atoms with Crippen molar-refractivity contribution in [2.75, 3.05) is 6.54 Å². The summed E-state index contributed by atoms with van der Waals surface area (Å²) < 4.78 is 14.0. The summed E-state index contributed by atoms with van der Waals surface area (Å²) in [7, 11) is 0. The first kappa shape index (κ1) is 14.3. The van der Waals surface area contributed by atoms with Gasteiger partial charge in [0, 0.05) is 16.4 Å². The fourth-order valence-corrected chi connectivity index (χ4v) is 3.39. The number of halogens is 3. The van der Waals surface area contributed by atoms with Gasteiger partial charge in [-0.25, -0.2) is 4.39 Å². The van der Waals surface area contributed by atoms with Gasteiger partial charge in [-0.05, 0) is 49.1 Å². The van der Waals surface area contributed by atoms with E-state index in [2.05, 4.69) is 21.2 Å². The first-order valence-electron chi connectivity index (χ1n) is 6.45. The van der Waals surface area contributed by atoms with Gasteiger partial charge < -0.3 is 5.32 Å². The lowest BCUT2D eigenvalue weighted by Crippen LogP contribution is -2.30. The summed E-state index contributed by atoms with van der Waals surface area (Å²) >= 11 is 9.61. The standard InChI is InChI=1S/C14H18BrClFN/c15-12-5-10(6-13(17)7-12)8-18-9-11-3-1-2-4-14(11)16/h5-7,11,14,18H,1-4,8-9H2. The van der Waals surface area contributed by atoms with Crippen LogP contribution in [-0.2, 0) is 6.54 Å². The number of rotatable bonds is 4. The van der Waals surface area contributed by atoms with E-state index >= 15 is 0 Å². The van der Waals surface area contributed by atoms with Crippen molar-refractivity contribution < 1.29 is 4.39 Å². The highest BCUT2D eigenvalue weighted by molar-refractivity contribution is 9.10. The Labute approximate surface area is 121 Å². The van der Waals surface area contributed by atoms with Gasteiger partial charge in [-0.1, -0.05) is 28.8 Å². The van der Waals surface area contributed by atoms with E-state index in [0.717, 1.165) is 23.0 Å². The molecule has 1 N–H and O–H groups in total. The van der Waals surface area contributed by atoms with Gasteiger partial charge in [-0.15, -0.1) is 11.6 Å². The fraction of sp³-hybridized carbons (Fsp3) is 0.571.